The van der Waals surface area contributed by atoms with E-state index in [1.54, 1.807) is 12.1 Å². The van der Waals surface area contributed by atoms with Crippen LogP contribution in [0, 0.1) is 11.7 Å². The molecule has 1 heterocycles. The number of carbonyl (C=O) groups is 1. The number of aliphatic hydroxyl groups excluding tert-OH is 1. The summed E-state index contributed by atoms with van der Waals surface area (Å²) < 4.78 is 13.6. The third-order valence-corrected chi connectivity index (χ3v) is 3.92. The first-order chi connectivity index (χ1) is 10.1. The van der Waals surface area contributed by atoms with Gasteiger partial charge in [-0.1, -0.05) is 32.8 Å². The molecule has 5 heteroatoms. The summed E-state index contributed by atoms with van der Waals surface area (Å²) >= 11 is 0. The number of fused-ring (bicyclic) bond motifs is 1. The third-order valence-electron chi connectivity index (χ3n) is 3.92. The maximum atomic E-state index is 13.6. The van der Waals surface area contributed by atoms with Gasteiger partial charge in [0.25, 0.3) is 5.91 Å². The highest BCUT2D eigenvalue weighted by Crippen LogP contribution is 2.18. The fourth-order valence-electron chi connectivity index (χ4n) is 2.53. The summed E-state index contributed by atoms with van der Waals surface area (Å²) in [5.74, 6) is -0.527. The molecule has 1 atom stereocenters. The Morgan fingerprint density at radius 3 is 2.71 bits per heavy atom. The molecule has 0 aliphatic rings. The van der Waals surface area contributed by atoms with E-state index in [0.717, 1.165) is 12.8 Å². The van der Waals surface area contributed by atoms with Crippen molar-refractivity contribution in [3.63, 3.8) is 0 Å². The highest BCUT2D eigenvalue weighted by Gasteiger charge is 2.17. The number of benzene rings is 1. The molecule has 0 saturated carbocycles. The third kappa shape index (κ3) is 3.42. The average molecular weight is 292 g/mol. The molecule has 0 aliphatic carbocycles. The summed E-state index contributed by atoms with van der Waals surface area (Å²) in [7, 11) is 0. The van der Waals surface area contributed by atoms with Crippen molar-refractivity contribution < 1.29 is 14.3 Å². The van der Waals surface area contributed by atoms with Crippen molar-refractivity contribution in [3.8, 4) is 0 Å². The van der Waals surface area contributed by atoms with Gasteiger partial charge in [-0.15, -0.1) is 0 Å². The number of halogens is 1. The second kappa shape index (κ2) is 6.72. The van der Waals surface area contributed by atoms with E-state index in [1.807, 2.05) is 13.8 Å². The summed E-state index contributed by atoms with van der Waals surface area (Å²) in [6.45, 7) is 4.22. The Morgan fingerprint density at radius 2 is 2.10 bits per heavy atom. The van der Waals surface area contributed by atoms with E-state index < -0.39 is 6.10 Å². The lowest BCUT2D eigenvalue weighted by Crippen LogP contribution is -2.36. The molecule has 2 rings (SSSR count). The minimum Gasteiger partial charge on any atom is -0.391 e. The van der Waals surface area contributed by atoms with Gasteiger partial charge in [-0.3, -0.25) is 4.79 Å². The zero-order chi connectivity index (χ0) is 15.4. The van der Waals surface area contributed by atoms with Crippen molar-refractivity contribution in [2.24, 2.45) is 5.92 Å². The van der Waals surface area contributed by atoms with E-state index in [0.29, 0.717) is 16.6 Å². The van der Waals surface area contributed by atoms with Gasteiger partial charge in [0.05, 0.1) is 6.10 Å². The molecule has 4 nitrogen and oxygen atoms in total. The van der Waals surface area contributed by atoms with Crippen molar-refractivity contribution in [2.75, 3.05) is 6.54 Å². The van der Waals surface area contributed by atoms with Crippen LogP contribution in [0.5, 0.6) is 0 Å². The van der Waals surface area contributed by atoms with Crippen LogP contribution in [0.25, 0.3) is 10.9 Å². The van der Waals surface area contributed by atoms with Crippen LogP contribution < -0.4 is 5.32 Å². The number of aromatic amines is 1. The van der Waals surface area contributed by atoms with Gasteiger partial charge in [0.1, 0.15) is 11.5 Å². The summed E-state index contributed by atoms with van der Waals surface area (Å²) in [6.07, 6.45) is 1.17. The van der Waals surface area contributed by atoms with Gasteiger partial charge in [0.2, 0.25) is 0 Å². The number of aromatic nitrogens is 1. The first kappa shape index (κ1) is 15.5. The molecule has 1 amide bonds. The quantitative estimate of drug-likeness (QED) is 0.766. The molecule has 0 aliphatic heterocycles. The summed E-state index contributed by atoms with van der Waals surface area (Å²) in [5.41, 5.74) is 0.882. The van der Waals surface area contributed by atoms with Crippen LogP contribution in [0.15, 0.2) is 24.3 Å². The summed E-state index contributed by atoms with van der Waals surface area (Å²) in [4.78, 5) is 14.9. The zero-order valence-electron chi connectivity index (χ0n) is 12.3. The molecular formula is C16H21FN2O2. The standard InChI is InChI=1S/C16H21FN2O2/c1-3-10(4-2)15(20)9-18-16(21)14-8-11-12(17)6-5-7-13(11)19-14/h5-8,10,15,19-20H,3-4,9H2,1-2H3,(H,18,21). The maximum absolute atomic E-state index is 13.6. The maximum Gasteiger partial charge on any atom is 0.267 e. The van der Waals surface area contributed by atoms with E-state index >= 15 is 0 Å². The molecule has 1 aromatic carbocycles. The van der Waals surface area contributed by atoms with Gasteiger partial charge in [-0.2, -0.15) is 0 Å². The Bertz CT molecular complexity index is 620. The van der Waals surface area contributed by atoms with E-state index in [-0.39, 0.29) is 24.2 Å². The minimum absolute atomic E-state index is 0.172. The van der Waals surface area contributed by atoms with Gasteiger partial charge in [-0.05, 0) is 24.1 Å². The highest BCUT2D eigenvalue weighted by atomic mass is 19.1. The van der Waals surface area contributed by atoms with Crippen LogP contribution in [0.2, 0.25) is 0 Å². The first-order valence-electron chi connectivity index (χ1n) is 7.30. The van der Waals surface area contributed by atoms with Gasteiger partial charge >= 0.3 is 0 Å². The number of hydrogen-bond donors (Lipinski definition) is 3. The van der Waals surface area contributed by atoms with Crippen LogP contribution in [0.4, 0.5) is 4.39 Å². The predicted molar refractivity (Wildman–Crippen MR) is 80.7 cm³/mol. The molecule has 0 fully saturated rings. The fraction of sp³-hybridized carbons (Fsp3) is 0.438. The first-order valence-corrected chi connectivity index (χ1v) is 7.30. The average Bonchev–Trinajstić information content (AvgIpc) is 2.91. The van der Waals surface area contributed by atoms with Gasteiger partial charge in [0.15, 0.2) is 0 Å². The zero-order valence-corrected chi connectivity index (χ0v) is 12.3. The number of H-pyrrole nitrogens is 1. The van der Waals surface area contributed by atoms with Crippen LogP contribution in [-0.2, 0) is 0 Å². The molecular weight excluding hydrogens is 271 g/mol. The number of aliphatic hydroxyl groups is 1. The molecule has 3 N–H and O–H groups in total. The molecule has 0 bridgehead atoms. The number of amides is 1. The summed E-state index contributed by atoms with van der Waals surface area (Å²) in [5, 5.41) is 13.1. The minimum atomic E-state index is -0.565. The van der Waals surface area contributed by atoms with E-state index in [1.165, 1.54) is 12.1 Å². The van der Waals surface area contributed by atoms with Crippen molar-refractivity contribution in [3.05, 3.63) is 35.8 Å². The lowest BCUT2D eigenvalue weighted by atomic mass is 9.96. The molecule has 1 unspecified atom stereocenters. The molecule has 1 aromatic heterocycles. The van der Waals surface area contributed by atoms with Gasteiger partial charge in [-0.25, -0.2) is 4.39 Å². The van der Waals surface area contributed by atoms with Crippen LogP contribution in [0.1, 0.15) is 37.2 Å². The number of nitrogens with one attached hydrogen (secondary N) is 2. The van der Waals surface area contributed by atoms with E-state index in [2.05, 4.69) is 10.3 Å². The largest absolute Gasteiger partial charge is 0.391 e. The van der Waals surface area contributed by atoms with Gasteiger partial charge in [0, 0.05) is 17.4 Å². The van der Waals surface area contributed by atoms with E-state index in [9.17, 15) is 14.3 Å². The smallest absolute Gasteiger partial charge is 0.267 e. The molecule has 114 valence electrons. The second-order valence-electron chi connectivity index (χ2n) is 5.24. The summed E-state index contributed by atoms with van der Waals surface area (Å²) in [6, 6.07) is 6.15. The van der Waals surface area contributed by atoms with E-state index in [4.69, 9.17) is 0 Å². The van der Waals surface area contributed by atoms with Crippen LogP contribution in [-0.4, -0.2) is 28.6 Å². The van der Waals surface area contributed by atoms with Crippen molar-refractivity contribution in [1.29, 1.82) is 0 Å². The van der Waals surface area contributed by atoms with Crippen molar-refractivity contribution in [2.45, 2.75) is 32.8 Å². The Labute approximate surface area is 123 Å². The molecule has 0 spiro atoms. The fourth-order valence-corrected chi connectivity index (χ4v) is 2.53. The van der Waals surface area contributed by atoms with Crippen molar-refractivity contribution in [1.82, 2.24) is 10.3 Å². The number of hydrogen-bond acceptors (Lipinski definition) is 2. The second-order valence-corrected chi connectivity index (χ2v) is 5.24. The highest BCUT2D eigenvalue weighted by molar-refractivity contribution is 5.98. The van der Waals surface area contributed by atoms with Gasteiger partial charge < -0.3 is 15.4 Å². The van der Waals surface area contributed by atoms with Crippen LogP contribution in [0.3, 0.4) is 0 Å². The lowest BCUT2D eigenvalue weighted by molar-refractivity contribution is 0.0813. The molecule has 2 aromatic rings. The Kier molecular flexibility index (Phi) is 4.96. The Balaban J connectivity index is 2.04. The predicted octanol–water partition coefficient (Wildman–Crippen LogP) is 2.83. The number of rotatable bonds is 6. The van der Waals surface area contributed by atoms with Crippen LogP contribution >= 0.6 is 0 Å². The monoisotopic (exact) mass is 292 g/mol. The Hall–Kier alpha value is -1.88. The molecule has 21 heavy (non-hydrogen) atoms. The van der Waals surface area contributed by atoms with Crippen molar-refractivity contribution >= 4 is 16.8 Å². The lowest BCUT2D eigenvalue weighted by Gasteiger charge is -2.20. The topological polar surface area (TPSA) is 65.1 Å². The molecule has 0 radical (unpaired) electrons. The Morgan fingerprint density at radius 1 is 1.38 bits per heavy atom. The number of carbonyl (C=O) groups excluding carboxylic acids is 1. The molecule has 0 saturated heterocycles. The SMILES string of the molecule is CCC(CC)C(O)CNC(=O)c1cc2c(F)cccc2[nH]1. The normalized spacial score (nSPS) is 12.8.